The highest BCUT2D eigenvalue weighted by atomic mass is 127. The second kappa shape index (κ2) is 8.74. The molecule has 1 saturated carbocycles. The van der Waals surface area contributed by atoms with Crippen LogP contribution >= 0.6 is 24.0 Å². The van der Waals surface area contributed by atoms with Gasteiger partial charge in [0.1, 0.15) is 5.75 Å². The Labute approximate surface area is 162 Å². The molecule has 5 heteroatoms. The van der Waals surface area contributed by atoms with Crippen LogP contribution in [0.2, 0.25) is 0 Å². The van der Waals surface area contributed by atoms with Crippen molar-refractivity contribution in [2.75, 3.05) is 26.7 Å². The molecule has 0 saturated heterocycles. The lowest BCUT2D eigenvalue weighted by Gasteiger charge is -2.30. The van der Waals surface area contributed by atoms with Gasteiger partial charge in [-0.3, -0.25) is 4.99 Å². The Bertz CT molecular complexity index is 614. The molecule has 1 N–H and O–H groups in total. The van der Waals surface area contributed by atoms with Crippen molar-refractivity contribution < 1.29 is 4.74 Å². The molecule has 0 radical (unpaired) electrons. The molecule has 2 aliphatic rings. The fraction of sp³-hybridized carbons (Fsp3) is 0.526. The summed E-state index contributed by atoms with van der Waals surface area (Å²) in [5, 5.41) is 3.61. The molecule has 132 valence electrons. The van der Waals surface area contributed by atoms with Crippen LogP contribution in [0.3, 0.4) is 0 Å². The van der Waals surface area contributed by atoms with Crippen LogP contribution in [0.1, 0.15) is 32.3 Å². The van der Waals surface area contributed by atoms with Crippen LogP contribution in [-0.4, -0.2) is 43.6 Å². The van der Waals surface area contributed by atoms with Crippen LogP contribution in [0.15, 0.2) is 35.3 Å². The minimum atomic E-state index is 0. The molecule has 1 aromatic rings. The van der Waals surface area contributed by atoms with Gasteiger partial charge in [0, 0.05) is 25.7 Å². The van der Waals surface area contributed by atoms with Crippen molar-refractivity contribution in [1.29, 1.82) is 0 Å². The van der Waals surface area contributed by atoms with Gasteiger partial charge >= 0.3 is 0 Å². The van der Waals surface area contributed by atoms with Gasteiger partial charge in [-0.05, 0) is 49.0 Å². The van der Waals surface area contributed by atoms with E-state index >= 15 is 0 Å². The molecular formula is C19H28IN3O. The van der Waals surface area contributed by atoms with E-state index in [1.54, 1.807) is 7.11 Å². The third-order valence-electron chi connectivity index (χ3n) is 4.68. The van der Waals surface area contributed by atoms with Gasteiger partial charge < -0.3 is 15.0 Å². The number of hydrogen-bond donors (Lipinski definition) is 1. The normalized spacial score (nSPS) is 23.2. The summed E-state index contributed by atoms with van der Waals surface area (Å²) in [5.74, 6) is 2.77. The number of methoxy groups -OCH3 is 1. The molecule has 3 rings (SSSR count). The summed E-state index contributed by atoms with van der Waals surface area (Å²) in [6, 6.07) is 8.94. The molecule has 2 unspecified atom stereocenters. The molecule has 2 atom stereocenters. The van der Waals surface area contributed by atoms with Gasteiger partial charge in [0.05, 0.1) is 7.11 Å². The number of aliphatic imine (C=N–C) groups is 1. The first-order valence-corrected chi connectivity index (χ1v) is 8.60. The summed E-state index contributed by atoms with van der Waals surface area (Å²) in [7, 11) is 1.72. The van der Waals surface area contributed by atoms with E-state index in [2.05, 4.69) is 53.3 Å². The fourth-order valence-electron chi connectivity index (χ4n) is 3.02. The number of benzene rings is 1. The molecule has 0 amide bonds. The van der Waals surface area contributed by atoms with Crippen molar-refractivity contribution in [3.8, 4) is 5.75 Å². The monoisotopic (exact) mass is 441 g/mol. The van der Waals surface area contributed by atoms with Crippen LogP contribution in [0.25, 0.3) is 5.57 Å². The zero-order valence-electron chi connectivity index (χ0n) is 14.8. The number of halogens is 1. The number of rotatable bonds is 4. The van der Waals surface area contributed by atoms with Crippen molar-refractivity contribution in [3.05, 3.63) is 35.9 Å². The molecule has 4 nitrogen and oxygen atoms in total. The van der Waals surface area contributed by atoms with Gasteiger partial charge in [-0.25, -0.2) is 0 Å². The Balaban J connectivity index is 0.00000208. The van der Waals surface area contributed by atoms with Crippen LogP contribution < -0.4 is 10.1 Å². The Morgan fingerprint density at radius 2 is 2.21 bits per heavy atom. The summed E-state index contributed by atoms with van der Waals surface area (Å²) in [6.07, 6.45) is 4.63. The lowest BCUT2D eigenvalue weighted by Crippen LogP contribution is -2.44. The average molecular weight is 441 g/mol. The maximum atomic E-state index is 5.33. The van der Waals surface area contributed by atoms with Gasteiger partial charge in [0.15, 0.2) is 5.96 Å². The predicted octanol–water partition coefficient (Wildman–Crippen LogP) is 3.78. The molecule has 1 aromatic carbocycles. The molecular weight excluding hydrogens is 413 g/mol. The minimum absolute atomic E-state index is 0. The lowest BCUT2D eigenvalue weighted by molar-refractivity contribution is 0.414. The summed E-state index contributed by atoms with van der Waals surface area (Å²) < 4.78 is 5.33. The topological polar surface area (TPSA) is 36.9 Å². The van der Waals surface area contributed by atoms with Crippen LogP contribution in [0.5, 0.6) is 5.75 Å². The molecule has 0 spiro atoms. The second-order valence-electron chi connectivity index (χ2n) is 6.42. The van der Waals surface area contributed by atoms with Gasteiger partial charge in [-0.2, -0.15) is 0 Å². The highest BCUT2D eigenvalue weighted by Gasteiger charge is 2.34. The van der Waals surface area contributed by atoms with E-state index in [4.69, 9.17) is 4.74 Å². The minimum Gasteiger partial charge on any atom is -0.497 e. The van der Waals surface area contributed by atoms with Crippen LogP contribution in [0, 0.1) is 5.92 Å². The number of nitrogens with one attached hydrogen (secondary N) is 1. The fourth-order valence-corrected chi connectivity index (χ4v) is 3.02. The third-order valence-corrected chi connectivity index (χ3v) is 4.68. The van der Waals surface area contributed by atoms with E-state index in [0.717, 1.165) is 43.7 Å². The van der Waals surface area contributed by atoms with Crippen molar-refractivity contribution >= 4 is 35.5 Å². The first kappa shape index (κ1) is 19.1. The van der Waals surface area contributed by atoms with E-state index < -0.39 is 0 Å². The van der Waals surface area contributed by atoms with Crippen LogP contribution in [-0.2, 0) is 0 Å². The van der Waals surface area contributed by atoms with Crippen molar-refractivity contribution in [2.24, 2.45) is 10.9 Å². The van der Waals surface area contributed by atoms with E-state index in [1.165, 1.54) is 17.6 Å². The third kappa shape index (κ3) is 4.65. The maximum Gasteiger partial charge on any atom is 0.194 e. The molecule has 0 aromatic heterocycles. The molecule has 1 aliphatic heterocycles. The van der Waals surface area contributed by atoms with Crippen molar-refractivity contribution in [2.45, 2.75) is 32.7 Å². The first-order valence-electron chi connectivity index (χ1n) is 8.60. The summed E-state index contributed by atoms with van der Waals surface area (Å²) in [4.78, 5) is 7.03. The Kier molecular flexibility index (Phi) is 6.95. The quantitative estimate of drug-likeness (QED) is 0.439. The Hall–Kier alpha value is -1.24. The predicted molar refractivity (Wildman–Crippen MR) is 111 cm³/mol. The number of ether oxygens (including phenoxy) is 1. The number of hydrogen-bond acceptors (Lipinski definition) is 2. The standard InChI is InChI=1S/C19H27N3O.HI/c1-4-20-19(21-18-12-14(18)2)22-10-8-15(9-11-22)16-6-5-7-17(13-16)23-3;/h5-8,13-14,18H,4,9-12H2,1-3H3,(H,20,21);1H. The van der Waals surface area contributed by atoms with Crippen LogP contribution in [0.4, 0.5) is 0 Å². The van der Waals surface area contributed by atoms with Gasteiger partial charge in [-0.15, -0.1) is 24.0 Å². The maximum absolute atomic E-state index is 5.33. The van der Waals surface area contributed by atoms with Gasteiger partial charge in [-0.1, -0.05) is 25.1 Å². The van der Waals surface area contributed by atoms with E-state index in [9.17, 15) is 0 Å². The second-order valence-corrected chi connectivity index (χ2v) is 6.42. The van der Waals surface area contributed by atoms with Gasteiger partial charge in [0.2, 0.25) is 0 Å². The molecule has 0 bridgehead atoms. The van der Waals surface area contributed by atoms with Gasteiger partial charge in [0.25, 0.3) is 0 Å². The highest BCUT2D eigenvalue weighted by Crippen LogP contribution is 2.30. The van der Waals surface area contributed by atoms with Crippen molar-refractivity contribution in [1.82, 2.24) is 10.2 Å². The summed E-state index contributed by atoms with van der Waals surface area (Å²) in [5.41, 5.74) is 2.66. The smallest absolute Gasteiger partial charge is 0.194 e. The Morgan fingerprint density at radius 1 is 1.42 bits per heavy atom. The zero-order valence-corrected chi connectivity index (χ0v) is 17.1. The molecule has 1 fully saturated rings. The molecule has 1 heterocycles. The van der Waals surface area contributed by atoms with E-state index in [-0.39, 0.29) is 24.0 Å². The Morgan fingerprint density at radius 3 is 2.79 bits per heavy atom. The lowest BCUT2D eigenvalue weighted by atomic mass is 9.99. The summed E-state index contributed by atoms with van der Waals surface area (Å²) in [6.45, 7) is 7.14. The largest absolute Gasteiger partial charge is 0.497 e. The van der Waals surface area contributed by atoms with E-state index in [1.807, 2.05) is 6.07 Å². The SMILES string of the molecule is CCN=C(NC1CC1C)N1CC=C(c2cccc(OC)c2)CC1.I. The highest BCUT2D eigenvalue weighted by molar-refractivity contribution is 14.0. The molecule has 1 aliphatic carbocycles. The molecule has 24 heavy (non-hydrogen) atoms. The number of nitrogens with zero attached hydrogens (tertiary/aromatic N) is 2. The van der Waals surface area contributed by atoms with Crippen molar-refractivity contribution in [3.63, 3.8) is 0 Å². The number of guanidine groups is 1. The summed E-state index contributed by atoms with van der Waals surface area (Å²) >= 11 is 0. The van der Waals surface area contributed by atoms with E-state index in [0.29, 0.717) is 6.04 Å². The first-order chi connectivity index (χ1) is 11.2. The zero-order chi connectivity index (χ0) is 16.2. The average Bonchev–Trinajstić information content (AvgIpc) is 3.29.